The summed E-state index contributed by atoms with van der Waals surface area (Å²) in [6.45, 7) is 0. The molecule has 8 nitrogen and oxygen atoms in total. The zero-order valence-corrected chi connectivity index (χ0v) is 15.8. The third kappa shape index (κ3) is 5.04. The Hall–Kier alpha value is -3.46. The number of sulfonamides is 1. The predicted octanol–water partition coefficient (Wildman–Crippen LogP) is 2.47. The first-order valence-corrected chi connectivity index (χ1v) is 9.77. The monoisotopic (exact) mass is 398 g/mol. The van der Waals surface area contributed by atoms with E-state index in [4.69, 9.17) is 4.74 Å². The summed E-state index contributed by atoms with van der Waals surface area (Å²) in [5.74, 6) is 0.143. The van der Waals surface area contributed by atoms with Crippen LogP contribution < -0.4 is 14.8 Å². The van der Waals surface area contributed by atoms with Gasteiger partial charge in [0.05, 0.1) is 18.4 Å². The zero-order valence-electron chi connectivity index (χ0n) is 15.0. The Bertz CT molecular complexity index is 1050. The largest absolute Gasteiger partial charge is 0.481 e. The van der Waals surface area contributed by atoms with Crippen LogP contribution in [-0.2, 0) is 21.2 Å². The van der Waals surface area contributed by atoms with Gasteiger partial charge in [0, 0.05) is 11.8 Å². The van der Waals surface area contributed by atoms with Gasteiger partial charge in [0.2, 0.25) is 11.8 Å². The lowest BCUT2D eigenvalue weighted by Crippen LogP contribution is -2.16. The number of rotatable bonds is 7. The van der Waals surface area contributed by atoms with Crippen molar-refractivity contribution in [1.82, 2.24) is 9.97 Å². The second-order valence-electron chi connectivity index (χ2n) is 5.79. The van der Waals surface area contributed by atoms with Gasteiger partial charge in [-0.3, -0.25) is 9.52 Å². The molecule has 0 saturated carbocycles. The van der Waals surface area contributed by atoms with Crippen LogP contribution in [0.15, 0.2) is 71.9 Å². The molecule has 0 fully saturated rings. The van der Waals surface area contributed by atoms with Crippen molar-refractivity contribution in [2.75, 3.05) is 17.1 Å². The van der Waals surface area contributed by atoms with Crippen molar-refractivity contribution in [3.63, 3.8) is 0 Å². The molecular weight excluding hydrogens is 380 g/mol. The van der Waals surface area contributed by atoms with Crippen molar-refractivity contribution in [3.05, 3.63) is 72.6 Å². The molecule has 1 aromatic heterocycles. The Morgan fingerprint density at radius 1 is 1.04 bits per heavy atom. The maximum Gasteiger partial charge on any atom is 0.263 e. The summed E-state index contributed by atoms with van der Waals surface area (Å²) in [6.07, 6.45) is 1.43. The van der Waals surface area contributed by atoms with E-state index in [2.05, 4.69) is 20.0 Å². The highest BCUT2D eigenvalue weighted by Gasteiger charge is 2.15. The molecule has 28 heavy (non-hydrogen) atoms. The van der Waals surface area contributed by atoms with Gasteiger partial charge >= 0.3 is 0 Å². The molecule has 0 saturated heterocycles. The van der Waals surface area contributed by atoms with E-state index < -0.39 is 10.0 Å². The summed E-state index contributed by atoms with van der Waals surface area (Å²) in [4.78, 5) is 19.8. The minimum absolute atomic E-state index is 0.0335. The van der Waals surface area contributed by atoms with Crippen LogP contribution >= 0.6 is 0 Å². The number of amides is 1. The first-order chi connectivity index (χ1) is 13.5. The normalized spacial score (nSPS) is 10.9. The van der Waals surface area contributed by atoms with Gasteiger partial charge in [-0.15, -0.1) is 0 Å². The van der Waals surface area contributed by atoms with Gasteiger partial charge < -0.3 is 10.1 Å². The number of methoxy groups -OCH3 is 1. The highest BCUT2D eigenvalue weighted by atomic mass is 32.2. The van der Waals surface area contributed by atoms with Crippen LogP contribution in [0.4, 0.5) is 11.5 Å². The van der Waals surface area contributed by atoms with Crippen LogP contribution in [0.25, 0.3) is 0 Å². The summed E-state index contributed by atoms with van der Waals surface area (Å²) in [5.41, 5.74) is 1.40. The fourth-order valence-electron chi connectivity index (χ4n) is 2.41. The van der Waals surface area contributed by atoms with Gasteiger partial charge in [0.25, 0.3) is 10.0 Å². The van der Waals surface area contributed by atoms with Gasteiger partial charge in [-0.05, 0) is 29.8 Å². The standard InChI is InChI=1S/C19H18N4O4S/c1-27-19-12-17(20-13-21-19)23-28(25,26)16-9-7-15(8-10-16)22-18(24)11-14-5-3-2-4-6-14/h2-10,12-13H,11H2,1H3,(H,22,24)(H,20,21,23). The van der Waals surface area contributed by atoms with Crippen molar-refractivity contribution in [2.45, 2.75) is 11.3 Å². The van der Waals surface area contributed by atoms with Crippen LogP contribution in [0.3, 0.4) is 0 Å². The van der Waals surface area contributed by atoms with Crippen LogP contribution in [0.2, 0.25) is 0 Å². The van der Waals surface area contributed by atoms with E-state index in [9.17, 15) is 13.2 Å². The molecule has 2 N–H and O–H groups in total. The summed E-state index contributed by atoms with van der Waals surface area (Å²) in [6, 6.07) is 16.6. The Kier molecular flexibility index (Phi) is 5.85. The van der Waals surface area contributed by atoms with E-state index in [0.29, 0.717) is 5.69 Å². The average Bonchev–Trinajstić information content (AvgIpc) is 2.69. The molecule has 2 aromatic carbocycles. The number of aromatic nitrogens is 2. The first kappa shape index (κ1) is 19.3. The molecule has 144 valence electrons. The molecule has 0 spiro atoms. The van der Waals surface area contributed by atoms with Crippen molar-refractivity contribution < 1.29 is 17.9 Å². The third-order valence-electron chi connectivity index (χ3n) is 3.75. The molecule has 9 heteroatoms. The second-order valence-corrected chi connectivity index (χ2v) is 7.47. The van der Waals surface area contributed by atoms with Crippen LogP contribution in [0, 0.1) is 0 Å². The number of nitrogens with one attached hydrogen (secondary N) is 2. The van der Waals surface area contributed by atoms with E-state index in [0.717, 1.165) is 5.56 Å². The number of hydrogen-bond donors (Lipinski definition) is 2. The Balaban J connectivity index is 1.66. The van der Waals surface area contributed by atoms with E-state index >= 15 is 0 Å². The molecule has 3 rings (SSSR count). The smallest absolute Gasteiger partial charge is 0.263 e. The molecule has 0 bridgehead atoms. The number of carbonyl (C=O) groups excluding carboxylic acids is 1. The fraction of sp³-hybridized carbons (Fsp3) is 0.105. The maximum atomic E-state index is 12.5. The highest BCUT2D eigenvalue weighted by Crippen LogP contribution is 2.19. The van der Waals surface area contributed by atoms with Crippen LogP contribution in [-0.4, -0.2) is 31.4 Å². The molecule has 0 aliphatic heterocycles. The number of hydrogen-bond acceptors (Lipinski definition) is 6. The highest BCUT2D eigenvalue weighted by molar-refractivity contribution is 7.92. The van der Waals surface area contributed by atoms with E-state index in [1.165, 1.54) is 43.8 Å². The summed E-state index contributed by atoms with van der Waals surface area (Å²) in [7, 11) is -2.42. The van der Waals surface area contributed by atoms with Gasteiger partial charge in [-0.2, -0.15) is 0 Å². The number of benzene rings is 2. The molecule has 1 heterocycles. The van der Waals surface area contributed by atoms with E-state index in [-0.39, 0.29) is 28.9 Å². The summed E-state index contributed by atoms with van der Waals surface area (Å²) < 4.78 is 32.3. The lowest BCUT2D eigenvalue weighted by Gasteiger charge is -2.09. The van der Waals surface area contributed by atoms with Gasteiger partial charge in [0.15, 0.2) is 0 Å². The number of carbonyl (C=O) groups is 1. The molecule has 0 atom stereocenters. The third-order valence-corrected chi connectivity index (χ3v) is 5.12. The quantitative estimate of drug-likeness (QED) is 0.633. The van der Waals surface area contributed by atoms with Gasteiger partial charge in [-0.1, -0.05) is 30.3 Å². The first-order valence-electron chi connectivity index (χ1n) is 8.29. The Labute approximate surface area is 162 Å². The molecule has 0 aliphatic rings. The lowest BCUT2D eigenvalue weighted by atomic mass is 10.1. The molecular formula is C19H18N4O4S. The Morgan fingerprint density at radius 2 is 1.75 bits per heavy atom. The van der Waals surface area contributed by atoms with E-state index in [1.54, 1.807) is 0 Å². The van der Waals surface area contributed by atoms with Crippen LogP contribution in [0.5, 0.6) is 5.88 Å². The van der Waals surface area contributed by atoms with Crippen LogP contribution in [0.1, 0.15) is 5.56 Å². The second kappa shape index (κ2) is 8.49. The van der Waals surface area contributed by atoms with Gasteiger partial charge in [0.1, 0.15) is 12.1 Å². The number of anilines is 2. The minimum Gasteiger partial charge on any atom is -0.481 e. The summed E-state index contributed by atoms with van der Waals surface area (Å²) in [5, 5.41) is 2.74. The SMILES string of the molecule is COc1cc(NS(=O)(=O)c2ccc(NC(=O)Cc3ccccc3)cc2)ncn1. The molecule has 0 unspecified atom stereocenters. The minimum atomic E-state index is -3.84. The molecule has 1 amide bonds. The van der Waals surface area contributed by atoms with Gasteiger partial charge in [-0.25, -0.2) is 18.4 Å². The molecule has 3 aromatic rings. The maximum absolute atomic E-state index is 12.5. The zero-order chi connectivity index (χ0) is 20.0. The Morgan fingerprint density at radius 3 is 2.43 bits per heavy atom. The molecule has 0 aliphatic carbocycles. The predicted molar refractivity (Wildman–Crippen MR) is 105 cm³/mol. The van der Waals surface area contributed by atoms with Crippen molar-refractivity contribution in [1.29, 1.82) is 0 Å². The topological polar surface area (TPSA) is 110 Å². The number of nitrogens with zero attached hydrogens (tertiary/aromatic N) is 2. The fourth-order valence-corrected chi connectivity index (χ4v) is 3.41. The molecule has 0 radical (unpaired) electrons. The van der Waals surface area contributed by atoms with Crippen molar-refractivity contribution in [2.24, 2.45) is 0 Å². The lowest BCUT2D eigenvalue weighted by molar-refractivity contribution is -0.115. The van der Waals surface area contributed by atoms with E-state index in [1.807, 2.05) is 30.3 Å². The van der Waals surface area contributed by atoms with Crippen molar-refractivity contribution in [3.8, 4) is 5.88 Å². The number of ether oxygens (including phenoxy) is 1. The van der Waals surface area contributed by atoms with Crippen molar-refractivity contribution >= 4 is 27.4 Å². The average molecular weight is 398 g/mol. The summed E-state index contributed by atoms with van der Waals surface area (Å²) >= 11 is 0.